The molecule has 1 saturated carbocycles. The first-order valence-corrected chi connectivity index (χ1v) is 6.36. The van der Waals surface area contributed by atoms with Crippen LogP contribution in [-0.2, 0) is 0 Å². The van der Waals surface area contributed by atoms with Crippen LogP contribution in [0.1, 0.15) is 36.2 Å². The molecule has 1 aliphatic rings. The van der Waals surface area contributed by atoms with Gasteiger partial charge in [-0.1, -0.05) is 36.3 Å². The highest BCUT2D eigenvalue weighted by Gasteiger charge is 2.26. The summed E-state index contributed by atoms with van der Waals surface area (Å²) in [4.78, 5) is 12.4. The molecule has 0 spiro atoms. The van der Waals surface area contributed by atoms with Gasteiger partial charge in [0.1, 0.15) is 5.69 Å². The molecule has 18 heavy (non-hydrogen) atoms. The number of nitrogens with zero attached hydrogens (tertiary/aromatic N) is 3. The molecule has 1 aromatic heterocycles. The van der Waals surface area contributed by atoms with Crippen molar-refractivity contribution in [2.75, 3.05) is 0 Å². The van der Waals surface area contributed by atoms with E-state index in [1.165, 1.54) is 0 Å². The Labute approximate surface area is 106 Å². The van der Waals surface area contributed by atoms with Gasteiger partial charge in [0.25, 0.3) is 0 Å². The van der Waals surface area contributed by atoms with Crippen molar-refractivity contribution in [2.24, 2.45) is 5.92 Å². The van der Waals surface area contributed by atoms with Crippen molar-refractivity contribution in [1.29, 1.82) is 0 Å². The molecule has 92 valence electrons. The van der Waals surface area contributed by atoms with Gasteiger partial charge in [-0.25, -0.2) is 4.68 Å². The predicted octanol–water partition coefficient (Wildman–Crippen LogP) is 2.64. The zero-order valence-electron chi connectivity index (χ0n) is 10.1. The van der Waals surface area contributed by atoms with E-state index in [1.807, 2.05) is 30.3 Å². The zero-order valence-corrected chi connectivity index (χ0v) is 10.1. The normalized spacial score (nSPS) is 16.0. The van der Waals surface area contributed by atoms with E-state index < -0.39 is 0 Å². The molecule has 0 saturated heterocycles. The van der Waals surface area contributed by atoms with Crippen LogP contribution in [0.5, 0.6) is 0 Å². The van der Waals surface area contributed by atoms with Crippen molar-refractivity contribution in [3.8, 4) is 5.69 Å². The summed E-state index contributed by atoms with van der Waals surface area (Å²) in [5.74, 6) is 0.340. The van der Waals surface area contributed by atoms with Crippen LogP contribution in [-0.4, -0.2) is 20.8 Å². The molecule has 1 aliphatic carbocycles. The Morgan fingerprint density at radius 1 is 1.17 bits per heavy atom. The number of hydrogen-bond donors (Lipinski definition) is 0. The SMILES string of the molecule is O=C(c1cnnn1-c1ccccc1)C1CCCC1. The lowest BCUT2D eigenvalue weighted by atomic mass is 10.0. The number of Topliss-reactive ketones (excluding diaryl/α,β-unsaturated/α-hetero) is 1. The molecule has 0 N–H and O–H groups in total. The van der Waals surface area contributed by atoms with E-state index in [1.54, 1.807) is 10.9 Å². The van der Waals surface area contributed by atoms with Gasteiger partial charge < -0.3 is 0 Å². The molecule has 0 atom stereocenters. The van der Waals surface area contributed by atoms with Crippen LogP contribution < -0.4 is 0 Å². The van der Waals surface area contributed by atoms with Crippen molar-refractivity contribution in [3.63, 3.8) is 0 Å². The quantitative estimate of drug-likeness (QED) is 0.776. The summed E-state index contributed by atoms with van der Waals surface area (Å²) in [7, 11) is 0. The maximum atomic E-state index is 12.4. The number of aromatic nitrogens is 3. The lowest BCUT2D eigenvalue weighted by Gasteiger charge is -2.09. The standard InChI is InChI=1S/C14H15N3O/c18-14(11-6-4-5-7-11)13-10-15-16-17(13)12-8-2-1-3-9-12/h1-3,8-11H,4-7H2. The van der Waals surface area contributed by atoms with Gasteiger partial charge >= 0.3 is 0 Å². The third-order valence-corrected chi connectivity index (χ3v) is 3.53. The lowest BCUT2D eigenvalue weighted by Crippen LogP contribution is -2.16. The second kappa shape index (κ2) is 4.72. The second-order valence-corrected chi connectivity index (χ2v) is 4.71. The van der Waals surface area contributed by atoms with Crippen molar-refractivity contribution < 1.29 is 4.79 Å². The van der Waals surface area contributed by atoms with E-state index in [0.717, 1.165) is 31.4 Å². The van der Waals surface area contributed by atoms with E-state index in [2.05, 4.69) is 10.3 Å². The number of carbonyl (C=O) groups is 1. The largest absolute Gasteiger partial charge is 0.292 e. The first-order valence-electron chi connectivity index (χ1n) is 6.36. The zero-order chi connectivity index (χ0) is 12.4. The number of hydrogen-bond acceptors (Lipinski definition) is 3. The highest BCUT2D eigenvalue weighted by atomic mass is 16.1. The summed E-state index contributed by atoms with van der Waals surface area (Å²) < 4.78 is 1.64. The first kappa shape index (κ1) is 11.1. The summed E-state index contributed by atoms with van der Waals surface area (Å²) in [5, 5.41) is 7.91. The molecule has 0 bridgehead atoms. The average Bonchev–Trinajstić information content (AvgIpc) is 3.10. The Morgan fingerprint density at radius 2 is 1.89 bits per heavy atom. The third kappa shape index (κ3) is 1.94. The number of rotatable bonds is 3. The Morgan fingerprint density at radius 3 is 2.61 bits per heavy atom. The van der Waals surface area contributed by atoms with E-state index >= 15 is 0 Å². The van der Waals surface area contributed by atoms with Crippen LogP contribution in [0, 0.1) is 5.92 Å². The third-order valence-electron chi connectivity index (χ3n) is 3.53. The molecule has 4 nitrogen and oxygen atoms in total. The summed E-state index contributed by atoms with van der Waals surface area (Å²) in [6.45, 7) is 0. The van der Waals surface area contributed by atoms with Crippen molar-refractivity contribution in [3.05, 3.63) is 42.2 Å². The smallest absolute Gasteiger partial charge is 0.186 e. The first-order chi connectivity index (χ1) is 8.86. The Balaban J connectivity index is 1.94. The monoisotopic (exact) mass is 241 g/mol. The van der Waals surface area contributed by atoms with Crippen LogP contribution in [0.15, 0.2) is 36.5 Å². The lowest BCUT2D eigenvalue weighted by molar-refractivity contribution is 0.0915. The van der Waals surface area contributed by atoms with Gasteiger partial charge in [0, 0.05) is 5.92 Å². The topological polar surface area (TPSA) is 47.8 Å². The Bertz CT molecular complexity index is 541. The van der Waals surface area contributed by atoms with Gasteiger partial charge in [0.2, 0.25) is 0 Å². The maximum absolute atomic E-state index is 12.4. The summed E-state index contributed by atoms with van der Waals surface area (Å²) in [6, 6.07) is 9.67. The van der Waals surface area contributed by atoms with Gasteiger partial charge in [-0.05, 0) is 25.0 Å². The minimum atomic E-state index is 0.158. The molecular formula is C14H15N3O. The van der Waals surface area contributed by atoms with Gasteiger partial charge in [0.05, 0.1) is 11.9 Å². The minimum Gasteiger partial charge on any atom is -0.292 e. The molecule has 3 rings (SSSR count). The molecule has 4 heteroatoms. The molecule has 1 fully saturated rings. The van der Waals surface area contributed by atoms with Crippen LogP contribution in [0.2, 0.25) is 0 Å². The molecule has 0 amide bonds. The number of benzene rings is 1. The van der Waals surface area contributed by atoms with E-state index in [0.29, 0.717) is 5.69 Å². The number of ketones is 1. The average molecular weight is 241 g/mol. The van der Waals surface area contributed by atoms with Gasteiger partial charge in [-0.15, -0.1) is 5.10 Å². The van der Waals surface area contributed by atoms with Crippen molar-refractivity contribution in [2.45, 2.75) is 25.7 Å². The molecule has 1 aromatic carbocycles. The van der Waals surface area contributed by atoms with E-state index in [9.17, 15) is 4.79 Å². The van der Waals surface area contributed by atoms with Crippen LogP contribution in [0.4, 0.5) is 0 Å². The summed E-state index contributed by atoms with van der Waals surface area (Å²) in [6.07, 6.45) is 5.89. The fraction of sp³-hybridized carbons (Fsp3) is 0.357. The number of carbonyl (C=O) groups excluding carboxylic acids is 1. The number of para-hydroxylation sites is 1. The molecule has 0 unspecified atom stereocenters. The fourth-order valence-corrected chi connectivity index (χ4v) is 2.56. The van der Waals surface area contributed by atoms with Crippen molar-refractivity contribution >= 4 is 5.78 Å². The molecule has 0 radical (unpaired) electrons. The Hall–Kier alpha value is -1.97. The second-order valence-electron chi connectivity index (χ2n) is 4.71. The van der Waals surface area contributed by atoms with Crippen molar-refractivity contribution in [1.82, 2.24) is 15.0 Å². The van der Waals surface area contributed by atoms with Gasteiger partial charge in [0.15, 0.2) is 5.78 Å². The molecular weight excluding hydrogens is 226 g/mol. The predicted molar refractivity (Wildman–Crippen MR) is 67.6 cm³/mol. The maximum Gasteiger partial charge on any atom is 0.186 e. The highest BCUT2D eigenvalue weighted by molar-refractivity contribution is 5.96. The highest BCUT2D eigenvalue weighted by Crippen LogP contribution is 2.28. The molecule has 2 aromatic rings. The Kier molecular flexibility index (Phi) is 2.92. The van der Waals surface area contributed by atoms with Crippen LogP contribution in [0.25, 0.3) is 5.69 Å². The van der Waals surface area contributed by atoms with Crippen LogP contribution >= 0.6 is 0 Å². The van der Waals surface area contributed by atoms with E-state index in [4.69, 9.17) is 0 Å². The summed E-state index contributed by atoms with van der Waals surface area (Å²) >= 11 is 0. The summed E-state index contributed by atoms with van der Waals surface area (Å²) in [5.41, 5.74) is 1.49. The van der Waals surface area contributed by atoms with Gasteiger partial charge in [-0.3, -0.25) is 4.79 Å². The minimum absolute atomic E-state index is 0.158. The molecule has 1 heterocycles. The van der Waals surface area contributed by atoms with Gasteiger partial charge in [-0.2, -0.15) is 0 Å². The fourth-order valence-electron chi connectivity index (χ4n) is 2.56. The van der Waals surface area contributed by atoms with Crippen LogP contribution in [0.3, 0.4) is 0 Å². The van der Waals surface area contributed by atoms with E-state index in [-0.39, 0.29) is 11.7 Å². The molecule has 0 aliphatic heterocycles.